The van der Waals surface area contributed by atoms with E-state index in [9.17, 15) is 8.42 Å². The Morgan fingerprint density at radius 1 is 1.33 bits per heavy atom. The van der Waals surface area contributed by atoms with Crippen molar-refractivity contribution in [1.82, 2.24) is 20.2 Å². The number of aromatic nitrogens is 2. The fraction of sp³-hybridized carbons (Fsp3) is 0.769. The van der Waals surface area contributed by atoms with Gasteiger partial charge in [-0.15, -0.1) is 0 Å². The highest BCUT2D eigenvalue weighted by Gasteiger charge is 2.26. The molecule has 1 unspecified atom stereocenters. The topological polar surface area (TPSA) is 96.1 Å². The molecule has 1 atom stereocenters. The van der Waals surface area contributed by atoms with Gasteiger partial charge in [0.05, 0.1) is 12.8 Å². The summed E-state index contributed by atoms with van der Waals surface area (Å²) >= 11 is 0. The van der Waals surface area contributed by atoms with Gasteiger partial charge in [0.2, 0.25) is 0 Å². The molecule has 1 heterocycles. The number of rotatable bonds is 9. The molecule has 21 heavy (non-hydrogen) atoms. The van der Waals surface area contributed by atoms with Crippen LogP contribution in [0.4, 0.5) is 0 Å². The third-order valence-corrected chi connectivity index (χ3v) is 4.61. The second kappa shape index (κ2) is 7.88. The molecule has 1 aromatic rings. The average molecular weight is 318 g/mol. The van der Waals surface area contributed by atoms with Crippen LogP contribution in [0, 0.1) is 5.92 Å². The summed E-state index contributed by atoms with van der Waals surface area (Å²) in [5.74, 6) is 0.125. The van der Waals surface area contributed by atoms with Crippen LogP contribution in [0.15, 0.2) is 11.2 Å². The van der Waals surface area contributed by atoms with E-state index in [2.05, 4.69) is 20.2 Å². The van der Waals surface area contributed by atoms with Gasteiger partial charge in [0, 0.05) is 31.3 Å². The fourth-order valence-corrected chi connectivity index (χ4v) is 3.27. The van der Waals surface area contributed by atoms with Crippen molar-refractivity contribution < 1.29 is 13.2 Å². The number of ether oxygens (including phenoxy) is 1. The van der Waals surface area contributed by atoms with Gasteiger partial charge in [0.1, 0.15) is 0 Å². The Hall–Kier alpha value is -0.960. The van der Waals surface area contributed by atoms with E-state index in [1.54, 1.807) is 7.11 Å². The van der Waals surface area contributed by atoms with Gasteiger partial charge in [0.15, 0.2) is 5.03 Å². The maximum absolute atomic E-state index is 12.5. The van der Waals surface area contributed by atoms with E-state index in [1.165, 1.54) is 6.20 Å². The Bertz CT molecular complexity index is 525. The highest BCUT2D eigenvalue weighted by Crippen LogP contribution is 2.14. The smallest absolute Gasteiger partial charge is 0.258 e. The largest absolute Gasteiger partial charge is 0.383 e. The molecule has 0 aromatic carbocycles. The first kappa shape index (κ1) is 18.1. The minimum absolute atomic E-state index is 0.109. The van der Waals surface area contributed by atoms with Crippen LogP contribution in [0.5, 0.6) is 0 Å². The van der Waals surface area contributed by atoms with E-state index in [4.69, 9.17) is 4.74 Å². The summed E-state index contributed by atoms with van der Waals surface area (Å²) in [5, 5.41) is 9.72. The Kier molecular flexibility index (Phi) is 6.79. The van der Waals surface area contributed by atoms with Gasteiger partial charge in [-0.05, 0) is 5.92 Å². The van der Waals surface area contributed by atoms with Crippen LogP contribution < -0.4 is 10.0 Å². The van der Waals surface area contributed by atoms with Crippen molar-refractivity contribution in [3.05, 3.63) is 11.8 Å². The lowest BCUT2D eigenvalue weighted by molar-refractivity contribution is 0.157. The third-order valence-electron chi connectivity index (χ3n) is 3.11. The maximum Gasteiger partial charge on any atom is 0.258 e. The van der Waals surface area contributed by atoms with Crippen molar-refractivity contribution in [2.24, 2.45) is 5.92 Å². The number of sulfonamides is 1. The summed E-state index contributed by atoms with van der Waals surface area (Å²) in [5.41, 5.74) is 0.621. The molecule has 1 rings (SSSR count). The van der Waals surface area contributed by atoms with Crippen LogP contribution >= 0.6 is 0 Å². The lowest BCUT2D eigenvalue weighted by Gasteiger charge is -2.21. The van der Waals surface area contributed by atoms with Crippen molar-refractivity contribution in [2.45, 2.75) is 51.3 Å². The van der Waals surface area contributed by atoms with Crippen LogP contribution in [0.2, 0.25) is 0 Å². The standard InChI is InChI=1S/C13H26N4O3S/c1-9(2)12(8-20-5)17-21(18,19)13-11(7-15-16-13)6-14-10(3)4/h7,9-10,12,14,17H,6,8H2,1-5H3,(H,15,16). The van der Waals surface area contributed by atoms with Crippen molar-refractivity contribution in [3.63, 3.8) is 0 Å². The molecule has 122 valence electrons. The molecule has 0 aliphatic rings. The van der Waals surface area contributed by atoms with Gasteiger partial charge in [-0.1, -0.05) is 27.7 Å². The molecule has 0 aliphatic heterocycles. The molecule has 0 saturated carbocycles. The Labute approximate surface area is 126 Å². The van der Waals surface area contributed by atoms with E-state index in [0.717, 1.165) is 0 Å². The molecule has 3 N–H and O–H groups in total. The second-order valence-electron chi connectivity index (χ2n) is 5.69. The SMILES string of the molecule is COCC(NS(=O)(=O)c1[nH]ncc1CNC(C)C)C(C)C. The van der Waals surface area contributed by atoms with Crippen molar-refractivity contribution in [1.29, 1.82) is 0 Å². The fourth-order valence-electron chi connectivity index (χ4n) is 1.77. The van der Waals surface area contributed by atoms with Crippen molar-refractivity contribution in [2.75, 3.05) is 13.7 Å². The lowest BCUT2D eigenvalue weighted by atomic mass is 10.1. The molecular weight excluding hydrogens is 292 g/mol. The summed E-state index contributed by atoms with van der Waals surface area (Å²) in [6.07, 6.45) is 1.53. The van der Waals surface area contributed by atoms with E-state index >= 15 is 0 Å². The number of hydrogen-bond acceptors (Lipinski definition) is 5. The molecule has 7 nitrogen and oxygen atoms in total. The lowest BCUT2D eigenvalue weighted by Crippen LogP contribution is -2.42. The molecule has 0 radical (unpaired) electrons. The first-order valence-electron chi connectivity index (χ1n) is 7.04. The predicted molar refractivity (Wildman–Crippen MR) is 81.4 cm³/mol. The number of H-pyrrole nitrogens is 1. The van der Waals surface area contributed by atoms with Crippen LogP contribution in [0.3, 0.4) is 0 Å². The molecule has 0 spiro atoms. The van der Waals surface area contributed by atoms with Crippen molar-refractivity contribution in [3.8, 4) is 0 Å². The Morgan fingerprint density at radius 2 is 2.00 bits per heavy atom. The molecule has 0 saturated heterocycles. The highest BCUT2D eigenvalue weighted by molar-refractivity contribution is 7.89. The van der Waals surface area contributed by atoms with E-state index in [-0.39, 0.29) is 23.0 Å². The zero-order valence-electron chi connectivity index (χ0n) is 13.3. The number of hydrogen-bond donors (Lipinski definition) is 3. The van der Waals surface area contributed by atoms with Crippen molar-refractivity contribution >= 4 is 10.0 Å². The zero-order chi connectivity index (χ0) is 16.0. The van der Waals surface area contributed by atoms with Crippen LogP contribution in [-0.2, 0) is 21.3 Å². The third kappa shape index (κ3) is 5.39. The molecule has 1 aromatic heterocycles. The van der Waals surface area contributed by atoms with Gasteiger partial charge < -0.3 is 10.1 Å². The minimum Gasteiger partial charge on any atom is -0.383 e. The van der Waals surface area contributed by atoms with Crippen LogP contribution in [0.1, 0.15) is 33.3 Å². The quantitative estimate of drug-likeness (QED) is 0.627. The first-order valence-corrected chi connectivity index (χ1v) is 8.53. The summed E-state index contributed by atoms with van der Waals surface area (Å²) < 4.78 is 32.7. The number of nitrogens with one attached hydrogen (secondary N) is 3. The summed E-state index contributed by atoms with van der Waals surface area (Å²) in [6.45, 7) is 8.66. The zero-order valence-corrected chi connectivity index (χ0v) is 14.1. The normalized spacial score (nSPS) is 14.0. The average Bonchev–Trinajstić information content (AvgIpc) is 2.84. The molecule has 0 amide bonds. The van der Waals surface area contributed by atoms with Crippen LogP contribution in [0.25, 0.3) is 0 Å². The highest BCUT2D eigenvalue weighted by atomic mass is 32.2. The predicted octanol–water partition coefficient (Wildman–Crippen LogP) is 0.857. The summed E-state index contributed by atoms with van der Waals surface area (Å²) in [7, 11) is -2.10. The second-order valence-corrected chi connectivity index (χ2v) is 7.34. The monoisotopic (exact) mass is 318 g/mol. The summed E-state index contributed by atoms with van der Waals surface area (Å²) in [6, 6.07) is -0.0190. The van der Waals surface area contributed by atoms with E-state index in [0.29, 0.717) is 18.7 Å². The first-order chi connectivity index (χ1) is 9.77. The molecule has 8 heteroatoms. The maximum atomic E-state index is 12.5. The molecule has 0 aliphatic carbocycles. The van der Waals surface area contributed by atoms with Gasteiger partial charge in [-0.3, -0.25) is 5.10 Å². The van der Waals surface area contributed by atoms with Gasteiger partial charge >= 0.3 is 0 Å². The Morgan fingerprint density at radius 3 is 2.52 bits per heavy atom. The molecule has 0 bridgehead atoms. The molecular formula is C13H26N4O3S. The van der Waals surface area contributed by atoms with Crippen LogP contribution in [-0.4, -0.2) is 44.4 Å². The summed E-state index contributed by atoms with van der Waals surface area (Å²) in [4.78, 5) is 0. The van der Waals surface area contributed by atoms with Gasteiger partial charge in [0.25, 0.3) is 10.0 Å². The number of nitrogens with zero attached hydrogens (tertiary/aromatic N) is 1. The van der Waals surface area contributed by atoms with Gasteiger partial charge in [-0.25, -0.2) is 13.1 Å². The minimum atomic E-state index is -3.65. The number of methoxy groups -OCH3 is 1. The van der Waals surface area contributed by atoms with E-state index in [1.807, 2.05) is 27.7 Å². The van der Waals surface area contributed by atoms with Gasteiger partial charge in [-0.2, -0.15) is 5.10 Å². The number of aromatic amines is 1. The van der Waals surface area contributed by atoms with E-state index < -0.39 is 10.0 Å². The Balaban J connectivity index is 2.89. The molecule has 0 fully saturated rings.